The van der Waals surface area contributed by atoms with Crippen LogP contribution >= 0.6 is 15.9 Å². The van der Waals surface area contributed by atoms with E-state index in [1.165, 1.54) is 12.1 Å². The highest BCUT2D eigenvalue weighted by atomic mass is 79.9. The van der Waals surface area contributed by atoms with Crippen molar-refractivity contribution in [3.05, 3.63) is 29.2 Å². The van der Waals surface area contributed by atoms with Crippen LogP contribution in [0.25, 0.3) is 0 Å². The molecule has 1 heterocycles. The minimum Gasteiger partial charge on any atom is -0.452 e. The molecule has 0 amide bonds. The third-order valence-electron chi connectivity index (χ3n) is 3.15. The van der Waals surface area contributed by atoms with Gasteiger partial charge in [0, 0.05) is 25.2 Å². The fourth-order valence-corrected chi connectivity index (χ4v) is 4.26. The highest BCUT2D eigenvalue weighted by molar-refractivity contribution is 9.10. The molecule has 6 nitrogen and oxygen atoms in total. The zero-order valence-corrected chi connectivity index (χ0v) is 14.0. The topological polar surface area (TPSA) is 82.8 Å². The summed E-state index contributed by atoms with van der Waals surface area (Å²) in [7, 11) is -3.72. The van der Waals surface area contributed by atoms with Gasteiger partial charge in [-0.3, -0.25) is 0 Å². The van der Waals surface area contributed by atoms with Gasteiger partial charge in [-0.25, -0.2) is 8.42 Å². The number of nitrogens with zero attached hydrogens (tertiary/aromatic N) is 1. The largest absolute Gasteiger partial charge is 0.452 e. The summed E-state index contributed by atoms with van der Waals surface area (Å²) in [5.74, 6) is 0.565. The number of furan rings is 1. The molecule has 1 aromatic rings. The van der Waals surface area contributed by atoms with Crippen LogP contribution in [0.15, 0.2) is 32.7 Å². The van der Waals surface area contributed by atoms with Gasteiger partial charge in [-0.1, -0.05) is 6.08 Å². The molecule has 1 aliphatic rings. The number of aliphatic hydroxyl groups excluding tert-OH is 1. The zero-order valence-electron chi connectivity index (χ0n) is 11.6. The maximum atomic E-state index is 12.6. The van der Waals surface area contributed by atoms with Crippen molar-refractivity contribution in [2.75, 3.05) is 19.7 Å². The number of hydrogen-bond acceptors (Lipinski definition) is 5. The Hall–Kier alpha value is -0.670. The molecule has 0 bridgehead atoms. The molecule has 1 fully saturated rings. The van der Waals surface area contributed by atoms with Crippen molar-refractivity contribution in [1.29, 1.82) is 0 Å². The molecular weight excluding hydrogens is 360 g/mol. The molecular formula is C13H19BrN2O4S. The first kappa shape index (κ1) is 16.7. The first-order chi connectivity index (χ1) is 9.98. The van der Waals surface area contributed by atoms with Gasteiger partial charge >= 0.3 is 0 Å². The molecule has 0 saturated heterocycles. The van der Waals surface area contributed by atoms with E-state index in [-0.39, 0.29) is 29.3 Å². The molecule has 0 spiro atoms. The van der Waals surface area contributed by atoms with Gasteiger partial charge in [0.15, 0.2) is 4.67 Å². The highest BCUT2D eigenvalue weighted by Crippen LogP contribution is 2.29. The van der Waals surface area contributed by atoms with Crippen molar-refractivity contribution in [1.82, 2.24) is 9.62 Å². The maximum absolute atomic E-state index is 12.6. The SMILES string of the molecule is C=CCN(CCO)S(=O)(=O)c1cc(CNC2CC2)oc1Br. The van der Waals surface area contributed by atoms with Crippen LogP contribution in [0.5, 0.6) is 0 Å². The standard InChI is InChI=1S/C13H19BrN2O4S/c1-2-5-16(6-7-17)21(18,19)12-8-11(20-13(12)14)9-15-10-3-4-10/h2,8,10,15,17H,1,3-7,9H2. The summed E-state index contributed by atoms with van der Waals surface area (Å²) in [6.45, 7) is 3.94. The third-order valence-corrected chi connectivity index (χ3v) is 5.87. The lowest BCUT2D eigenvalue weighted by atomic mass is 10.4. The van der Waals surface area contributed by atoms with Crippen LogP contribution < -0.4 is 5.32 Å². The van der Waals surface area contributed by atoms with E-state index in [4.69, 9.17) is 9.52 Å². The molecule has 0 unspecified atom stereocenters. The Morgan fingerprint density at radius 3 is 2.86 bits per heavy atom. The van der Waals surface area contributed by atoms with E-state index >= 15 is 0 Å². The zero-order chi connectivity index (χ0) is 15.5. The molecule has 2 rings (SSSR count). The van der Waals surface area contributed by atoms with Gasteiger partial charge in [0.25, 0.3) is 0 Å². The molecule has 1 saturated carbocycles. The Bertz CT molecular complexity index is 595. The average Bonchev–Trinajstić information content (AvgIpc) is 3.18. The van der Waals surface area contributed by atoms with Gasteiger partial charge in [0.2, 0.25) is 10.0 Å². The quantitative estimate of drug-likeness (QED) is 0.635. The summed E-state index contributed by atoms with van der Waals surface area (Å²) in [6, 6.07) is 2.03. The van der Waals surface area contributed by atoms with E-state index in [1.54, 1.807) is 0 Å². The molecule has 1 aromatic heterocycles. The summed E-state index contributed by atoms with van der Waals surface area (Å²) in [5.41, 5.74) is 0. The lowest BCUT2D eigenvalue weighted by Crippen LogP contribution is -2.33. The Kier molecular flexibility index (Phi) is 5.61. The normalized spacial score (nSPS) is 15.6. The third kappa shape index (κ3) is 4.17. The Labute approximate surface area is 133 Å². The minimum absolute atomic E-state index is 0.0155. The fourth-order valence-electron chi connectivity index (χ4n) is 1.90. The summed E-state index contributed by atoms with van der Waals surface area (Å²) in [5, 5.41) is 12.3. The van der Waals surface area contributed by atoms with E-state index in [2.05, 4.69) is 27.8 Å². The van der Waals surface area contributed by atoms with E-state index in [0.717, 1.165) is 17.1 Å². The molecule has 0 aromatic carbocycles. The number of aliphatic hydroxyl groups is 1. The molecule has 21 heavy (non-hydrogen) atoms. The van der Waals surface area contributed by atoms with E-state index in [0.29, 0.717) is 18.3 Å². The number of sulfonamides is 1. The molecule has 8 heteroatoms. The number of rotatable bonds is 9. The van der Waals surface area contributed by atoms with Crippen molar-refractivity contribution < 1.29 is 17.9 Å². The van der Waals surface area contributed by atoms with Gasteiger partial charge < -0.3 is 14.8 Å². The fraction of sp³-hybridized carbons (Fsp3) is 0.538. The van der Waals surface area contributed by atoms with E-state index in [1.807, 2.05) is 0 Å². The predicted molar refractivity (Wildman–Crippen MR) is 82.3 cm³/mol. The monoisotopic (exact) mass is 378 g/mol. The maximum Gasteiger partial charge on any atom is 0.247 e. The summed E-state index contributed by atoms with van der Waals surface area (Å²) in [4.78, 5) is 0.0744. The molecule has 1 aliphatic carbocycles. The number of hydrogen-bond donors (Lipinski definition) is 2. The second kappa shape index (κ2) is 7.06. The van der Waals surface area contributed by atoms with Gasteiger partial charge in [-0.05, 0) is 28.8 Å². The summed E-state index contributed by atoms with van der Waals surface area (Å²) in [6.07, 6.45) is 3.78. The van der Waals surface area contributed by atoms with Crippen LogP contribution in [-0.4, -0.2) is 43.6 Å². The van der Waals surface area contributed by atoms with Crippen molar-refractivity contribution in [2.45, 2.75) is 30.3 Å². The molecule has 0 atom stereocenters. The van der Waals surface area contributed by atoms with Crippen LogP contribution in [-0.2, 0) is 16.6 Å². The van der Waals surface area contributed by atoms with Crippen LogP contribution in [0.2, 0.25) is 0 Å². The second-order valence-corrected chi connectivity index (χ2v) is 7.51. The van der Waals surface area contributed by atoms with Crippen LogP contribution in [0.4, 0.5) is 0 Å². The van der Waals surface area contributed by atoms with Crippen molar-refractivity contribution in [3.8, 4) is 0 Å². The van der Waals surface area contributed by atoms with Gasteiger partial charge in [-0.15, -0.1) is 6.58 Å². The lowest BCUT2D eigenvalue weighted by molar-refractivity contribution is 0.260. The first-order valence-electron chi connectivity index (χ1n) is 6.72. The Morgan fingerprint density at radius 1 is 1.57 bits per heavy atom. The molecule has 0 radical (unpaired) electrons. The molecule has 2 N–H and O–H groups in total. The van der Waals surface area contributed by atoms with Crippen molar-refractivity contribution in [3.63, 3.8) is 0 Å². The smallest absolute Gasteiger partial charge is 0.247 e. The first-order valence-corrected chi connectivity index (χ1v) is 8.96. The number of halogens is 1. The lowest BCUT2D eigenvalue weighted by Gasteiger charge is -2.18. The number of nitrogens with one attached hydrogen (secondary N) is 1. The van der Waals surface area contributed by atoms with Crippen LogP contribution in [0.3, 0.4) is 0 Å². The Morgan fingerprint density at radius 2 is 2.29 bits per heavy atom. The highest BCUT2D eigenvalue weighted by Gasteiger charge is 2.29. The Balaban J connectivity index is 2.18. The van der Waals surface area contributed by atoms with Crippen molar-refractivity contribution in [2.24, 2.45) is 0 Å². The molecule has 118 valence electrons. The van der Waals surface area contributed by atoms with E-state index < -0.39 is 10.0 Å². The molecule has 0 aliphatic heterocycles. The average molecular weight is 379 g/mol. The van der Waals surface area contributed by atoms with Gasteiger partial charge in [-0.2, -0.15) is 4.31 Å². The van der Waals surface area contributed by atoms with Crippen molar-refractivity contribution >= 4 is 26.0 Å². The second-order valence-electron chi connectivity index (χ2n) is 4.88. The summed E-state index contributed by atoms with van der Waals surface area (Å²) >= 11 is 3.16. The predicted octanol–water partition coefficient (Wildman–Crippen LogP) is 1.46. The van der Waals surface area contributed by atoms with Gasteiger partial charge in [0.1, 0.15) is 10.7 Å². The summed E-state index contributed by atoms with van der Waals surface area (Å²) < 4.78 is 31.9. The van der Waals surface area contributed by atoms with Crippen LogP contribution in [0, 0.1) is 0 Å². The van der Waals surface area contributed by atoms with Crippen LogP contribution in [0.1, 0.15) is 18.6 Å². The van der Waals surface area contributed by atoms with Gasteiger partial charge in [0.05, 0.1) is 13.2 Å². The van der Waals surface area contributed by atoms with E-state index in [9.17, 15) is 8.42 Å². The minimum atomic E-state index is -3.72.